The maximum Gasteiger partial charge on any atom is 0.115 e. The van der Waals surface area contributed by atoms with Gasteiger partial charge in [-0.2, -0.15) is 0 Å². The largest absolute Gasteiger partial charge is 0.327 e. The van der Waals surface area contributed by atoms with Crippen LogP contribution in [0, 0.1) is 6.92 Å². The van der Waals surface area contributed by atoms with Gasteiger partial charge in [-0.05, 0) is 38.1 Å². The average molecular weight is 299 g/mol. The molecule has 0 fully saturated rings. The van der Waals surface area contributed by atoms with Crippen LogP contribution in [0.4, 0.5) is 0 Å². The summed E-state index contributed by atoms with van der Waals surface area (Å²) >= 11 is 9.55. The van der Waals surface area contributed by atoms with E-state index in [1.165, 1.54) is 9.75 Å². The van der Waals surface area contributed by atoms with Crippen LogP contribution in [0.5, 0.6) is 0 Å². The molecule has 0 aliphatic heterocycles. The number of halogens is 1. The van der Waals surface area contributed by atoms with E-state index in [1.807, 2.05) is 19.1 Å². The van der Waals surface area contributed by atoms with Crippen LogP contribution in [0.3, 0.4) is 0 Å². The molecule has 5 heteroatoms. The fourth-order valence-electron chi connectivity index (χ4n) is 1.61. The number of thioether (sulfide) groups is 1. The first kappa shape index (κ1) is 13.9. The van der Waals surface area contributed by atoms with Crippen LogP contribution in [0.2, 0.25) is 5.02 Å². The van der Waals surface area contributed by atoms with Crippen molar-refractivity contribution in [1.29, 1.82) is 0 Å². The number of nitrogens with zero attached hydrogens (tertiary/aromatic N) is 1. The van der Waals surface area contributed by atoms with Crippen LogP contribution in [-0.4, -0.2) is 11.0 Å². The standard InChI is InChI=1S/C13H15ClN2S2/c1-8-5-6-11(17-8)12(9(2)15)18-13-10(14)4-3-7-16-13/h3-7,9,12H,15H2,1-2H3. The van der Waals surface area contributed by atoms with Crippen LogP contribution in [0.25, 0.3) is 0 Å². The van der Waals surface area contributed by atoms with Gasteiger partial charge in [0.15, 0.2) is 0 Å². The third-order valence-electron chi connectivity index (χ3n) is 2.48. The highest BCUT2D eigenvalue weighted by molar-refractivity contribution is 7.99. The summed E-state index contributed by atoms with van der Waals surface area (Å²) in [5.74, 6) is 0. The zero-order valence-electron chi connectivity index (χ0n) is 10.3. The first-order chi connectivity index (χ1) is 8.58. The van der Waals surface area contributed by atoms with Gasteiger partial charge in [-0.15, -0.1) is 11.3 Å². The fourth-order valence-corrected chi connectivity index (χ4v) is 4.08. The monoisotopic (exact) mass is 298 g/mol. The Morgan fingerprint density at radius 1 is 1.39 bits per heavy atom. The van der Waals surface area contributed by atoms with Gasteiger partial charge in [-0.3, -0.25) is 0 Å². The molecule has 0 radical (unpaired) electrons. The highest BCUT2D eigenvalue weighted by Crippen LogP contribution is 2.41. The first-order valence-electron chi connectivity index (χ1n) is 5.67. The molecule has 2 atom stereocenters. The number of hydrogen-bond acceptors (Lipinski definition) is 4. The van der Waals surface area contributed by atoms with Crippen molar-refractivity contribution in [3.63, 3.8) is 0 Å². The topological polar surface area (TPSA) is 38.9 Å². The maximum atomic E-state index is 6.14. The van der Waals surface area contributed by atoms with Gasteiger partial charge in [0, 0.05) is 22.0 Å². The molecule has 18 heavy (non-hydrogen) atoms. The van der Waals surface area contributed by atoms with Crippen molar-refractivity contribution < 1.29 is 0 Å². The molecule has 2 heterocycles. The van der Waals surface area contributed by atoms with Crippen LogP contribution in [0.15, 0.2) is 35.5 Å². The van der Waals surface area contributed by atoms with Gasteiger partial charge in [0.05, 0.1) is 10.3 Å². The number of rotatable bonds is 4. The smallest absolute Gasteiger partial charge is 0.115 e. The summed E-state index contributed by atoms with van der Waals surface area (Å²) in [6.07, 6.45) is 1.76. The Labute approximate surface area is 121 Å². The molecule has 0 aliphatic carbocycles. The maximum absolute atomic E-state index is 6.14. The molecule has 2 unspecified atom stereocenters. The molecule has 2 N–H and O–H groups in total. The van der Waals surface area contributed by atoms with Gasteiger partial charge in [0.2, 0.25) is 0 Å². The molecule has 0 aromatic carbocycles. The summed E-state index contributed by atoms with van der Waals surface area (Å²) in [7, 11) is 0. The highest BCUT2D eigenvalue weighted by atomic mass is 35.5. The number of aromatic nitrogens is 1. The lowest BCUT2D eigenvalue weighted by Crippen LogP contribution is -2.22. The van der Waals surface area contributed by atoms with Crippen LogP contribution < -0.4 is 5.73 Å². The van der Waals surface area contributed by atoms with Crippen molar-refractivity contribution in [1.82, 2.24) is 4.98 Å². The van der Waals surface area contributed by atoms with Gasteiger partial charge < -0.3 is 5.73 Å². The zero-order valence-corrected chi connectivity index (χ0v) is 12.6. The molecule has 0 bridgehead atoms. The van der Waals surface area contributed by atoms with Crippen molar-refractivity contribution in [2.75, 3.05) is 0 Å². The highest BCUT2D eigenvalue weighted by Gasteiger charge is 2.21. The Bertz CT molecular complexity index is 525. The number of nitrogens with two attached hydrogens (primary N) is 1. The molecular formula is C13H15ClN2S2. The van der Waals surface area contributed by atoms with Crippen molar-refractivity contribution in [2.24, 2.45) is 5.73 Å². The van der Waals surface area contributed by atoms with Crippen LogP contribution in [0.1, 0.15) is 21.9 Å². The van der Waals surface area contributed by atoms with Crippen LogP contribution >= 0.6 is 34.7 Å². The predicted molar refractivity (Wildman–Crippen MR) is 80.6 cm³/mol. The van der Waals surface area contributed by atoms with E-state index in [0.717, 1.165) is 5.03 Å². The van der Waals surface area contributed by atoms with Crippen LogP contribution in [-0.2, 0) is 0 Å². The quantitative estimate of drug-likeness (QED) is 0.856. The van der Waals surface area contributed by atoms with Gasteiger partial charge >= 0.3 is 0 Å². The summed E-state index contributed by atoms with van der Waals surface area (Å²) < 4.78 is 0. The van der Waals surface area contributed by atoms with Gasteiger partial charge in [-0.1, -0.05) is 23.4 Å². The Balaban J connectivity index is 2.25. The first-order valence-corrected chi connectivity index (χ1v) is 7.74. The molecule has 0 spiro atoms. The predicted octanol–water partition coefficient (Wildman–Crippen LogP) is 4.29. The molecule has 2 aromatic heterocycles. The van der Waals surface area contributed by atoms with E-state index in [0.29, 0.717) is 5.02 Å². The van der Waals surface area contributed by atoms with Crippen molar-refractivity contribution in [3.05, 3.63) is 45.2 Å². The molecule has 2 rings (SSSR count). The minimum atomic E-state index is 0.0473. The molecule has 96 valence electrons. The Kier molecular flexibility index (Phi) is 4.67. The minimum absolute atomic E-state index is 0.0473. The SMILES string of the molecule is Cc1ccc(C(Sc2ncccc2Cl)C(C)N)s1. The molecular weight excluding hydrogens is 284 g/mol. The summed E-state index contributed by atoms with van der Waals surface area (Å²) in [6, 6.07) is 8.00. The number of pyridine rings is 1. The van der Waals surface area contributed by atoms with E-state index in [4.69, 9.17) is 17.3 Å². The summed E-state index contributed by atoms with van der Waals surface area (Å²) in [5.41, 5.74) is 6.09. The van der Waals surface area contributed by atoms with E-state index in [-0.39, 0.29) is 11.3 Å². The van der Waals surface area contributed by atoms with E-state index < -0.39 is 0 Å². The normalized spacial score (nSPS) is 14.4. The second-order valence-electron chi connectivity index (χ2n) is 4.14. The van der Waals surface area contributed by atoms with E-state index >= 15 is 0 Å². The lowest BCUT2D eigenvalue weighted by atomic mass is 10.2. The molecule has 0 saturated carbocycles. The van der Waals surface area contributed by atoms with Crippen molar-refractivity contribution >= 4 is 34.7 Å². The van der Waals surface area contributed by atoms with Gasteiger partial charge in [-0.25, -0.2) is 4.98 Å². The van der Waals surface area contributed by atoms with Crippen molar-refractivity contribution in [2.45, 2.75) is 30.2 Å². The fraction of sp³-hybridized carbons (Fsp3) is 0.308. The number of aryl methyl sites for hydroxylation is 1. The lowest BCUT2D eigenvalue weighted by Gasteiger charge is -2.18. The lowest BCUT2D eigenvalue weighted by molar-refractivity contribution is 0.728. The number of thiophene rings is 1. The van der Waals surface area contributed by atoms with Crippen molar-refractivity contribution in [3.8, 4) is 0 Å². The molecule has 2 nitrogen and oxygen atoms in total. The van der Waals surface area contributed by atoms with E-state index in [1.54, 1.807) is 29.3 Å². The zero-order chi connectivity index (χ0) is 13.1. The summed E-state index contributed by atoms with van der Waals surface area (Å²) in [4.78, 5) is 6.88. The molecule has 0 aliphatic rings. The second-order valence-corrected chi connectivity index (χ2v) is 6.99. The molecule has 2 aromatic rings. The Hall–Kier alpha value is -0.550. The Morgan fingerprint density at radius 3 is 2.72 bits per heavy atom. The average Bonchev–Trinajstić information content (AvgIpc) is 2.74. The third kappa shape index (κ3) is 3.26. The van der Waals surface area contributed by atoms with E-state index in [2.05, 4.69) is 24.0 Å². The minimum Gasteiger partial charge on any atom is -0.327 e. The number of hydrogen-bond donors (Lipinski definition) is 1. The summed E-state index contributed by atoms with van der Waals surface area (Å²) in [5, 5.41) is 1.71. The molecule has 0 amide bonds. The molecule has 0 saturated heterocycles. The van der Waals surface area contributed by atoms with Gasteiger partial charge in [0.25, 0.3) is 0 Å². The summed E-state index contributed by atoms with van der Waals surface area (Å²) in [6.45, 7) is 4.12. The Morgan fingerprint density at radius 2 is 2.17 bits per heavy atom. The second kappa shape index (κ2) is 6.06. The van der Waals surface area contributed by atoms with E-state index in [9.17, 15) is 0 Å². The third-order valence-corrected chi connectivity index (χ3v) is 5.62. The van der Waals surface area contributed by atoms with Gasteiger partial charge in [0.1, 0.15) is 5.03 Å².